The lowest BCUT2D eigenvalue weighted by Gasteiger charge is -2.42. The maximum Gasteiger partial charge on any atom is 0.417 e. The molecule has 0 bridgehead atoms. The van der Waals surface area contributed by atoms with E-state index in [0.29, 0.717) is 19.5 Å². The fourth-order valence-electron chi connectivity index (χ4n) is 3.05. The first-order valence-electron chi connectivity index (χ1n) is 8.99. The van der Waals surface area contributed by atoms with Crippen LogP contribution in [-0.2, 0) is 14.3 Å². The van der Waals surface area contributed by atoms with Crippen molar-refractivity contribution in [2.24, 2.45) is 11.8 Å². The summed E-state index contributed by atoms with van der Waals surface area (Å²) in [7, 11) is 0. The van der Waals surface area contributed by atoms with Crippen molar-refractivity contribution in [2.45, 2.75) is 65.3 Å². The highest BCUT2D eigenvalue weighted by Crippen LogP contribution is 2.31. The van der Waals surface area contributed by atoms with Crippen molar-refractivity contribution in [2.75, 3.05) is 19.6 Å². The number of amides is 3. The molecule has 8 nitrogen and oxygen atoms in total. The first-order chi connectivity index (χ1) is 11.8. The smallest absolute Gasteiger partial charge is 0.417 e. The van der Waals surface area contributed by atoms with E-state index in [0.717, 1.165) is 4.90 Å². The Bertz CT molecular complexity index is 571. The third-order valence-corrected chi connectivity index (χ3v) is 4.32. The van der Waals surface area contributed by atoms with Crippen LogP contribution in [0.2, 0.25) is 0 Å². The Morgan fingerprint density at radius 3 is 2.04 bits per heavy atom. The normalized spacial score (nSPS) is 22.9. The second-order valence-electron chi connectivity index (χ2n) is 9.00. The van der Waals surface area contributed by atoms with Crippen LogP contribution in [0.1, 0.15) is 48.0 Å². The lowest BCUT2D eigenvalue weighted by Crippen LogP contribution is -2.57. The maximum atomic E-state index is 12.5. The van der Waals surface area contributed by atoms with Gasteiger partial charge in [-0.15, -0.1) is 0 Å². The van der Waals surface area contributed by atoms with Crippen molar-refractivity contribution in [1.29, 1.82) is 0 Å². The zero-order valence-electron chi connectivity index (χ0n) is 16.4. The average molecular weight is 370 g/mol. The van der Waals surface area contributed by atoms with Gasteiger partial charge in [0.1, 0.15) is 11.2 Å². The molecule has 8 heteroatoms. The fourth-order valence-corrected chi connectivity index (χ4v) is 3.05. The Morgan fingerprint density at radius 2 is 1.54 bits per heavy atom. The Kier molecular flexibility index (Phi) is 5.56. The number of carbonyl (C=O) groups is 3. The van der Waals surface area contributed by atoms with Crippen LogP contribution >= 0.6 is 0 Å². The van der Waals surface area contributed by atoms with Gasteiger partial charge in [0.2, 0.25) is 5.91 Å². The van der Waals surface area contributed by atoms with Gasteiger partial charge in [-0.3, -0.25) is 4.79 Å². The molecule has 0 spiro atoms. The number of rotatable bonds is 2. The predicted octanol–water partition coefficient (Wildman–Crippen LogP) is 2.00. The highest BCUT2D eigenvalue weighted by molar-refractivity contribution is 5.95. The minimum atomic E-state index is -0.895. The van der Waals surface area contributed by atoms with E-state index in [1.165, 1.54) is 4.90 Å². The van der Waals surface area contributed by atoms with Crippen LogP contribution in [0.5, 0.6) is 0 Å². The maximum absolute atomic E-state index is 12.5. The largest absolute Gasteiger partial charge is 0.444 e. The fraction of sp³-hybridized carbons (Fsp3) is 0.833. The van der Waals surface area contributed by atoms with E-state index in [4.69, 9.17) is 9.47 Å². The summed E-state index contributed by atoms with van der Waals surface area (Å²) < 4.78 is 10.5. The van der Waals surface area contributed by atoms with Crippen LogP contribution in [-0.4, -0.2) is 69.9 Å². The predicted molar refractivity (Wildman–Crippen MR) is 93.4 cm³/mol. The molecule has 1 N–H and O–H groups in total. The monoisotopic (exact) mass is 370 g/mol. The summed E-state index contributed by atoms with van der Waals surface area (Å²) in [6.07, 6.45) is -1.61. The average Bonchev–Trinajstić information content (AvgIpc) is 2.74. The van der Waals surface area contributed by atoms with Crippen molar-refractivity contribution >= 4 is 18.1 Å². The summed E-state index contributed by atoms with van der Waals surface area (Å²) in [5.41, 5.74) is -1.26. The molecule has 2 aliphatic heterocycles. The molecule has 2 aliphatic rings. The molecule has 26 heavy (non-hydrogen) atoms. The summed E-state index contributed by atoms with van der Waals surface area (Å²) in [6.45, 7) is 11.5. The molecule has 0 aromatic heterocycles. The van der Waals surface area contributed by atoms with Gasteiger partial charge in [0, 0.05) is 25.6 Å². The van der Waals surface area contributed by atoms with E-state index in [1.807, 2.05) is 0 Å². The molecule has 148 valence electrons. The van der Waals surface area contributed by atoms with E-state index in [-0.39, 0.29) is 12.5 Å². The molecule has 2 unspecified atom stereocenters. The Balaban J connectivity index is 1.86. The number of carbonyl (C=O) groups excluding carboxylic acids is 3. The van der Waals surface area contributed by atoms with E-state index < -0.39 is 41.3 Å². The van der Waals surface area contributed by atoms with Gasteiger partial charge < -0.3 is 19.5 Å². The number of aliphatic hydroxyl groups excluding tert-OH is 1. The molecule has 2 heterocycles. The van der Waals surface area contributed by atoms with Crippen LogP contribution in [0.25, 0.3) is 0 Å². The number of likely N-dealkylation sites (tertiary alicyclic amines) is 2. The van der Waals surface area contributed by atoms with Crippen LogP contribution in [0.4, 0.5) is 9.59 Å². The summed E-state index contributed by atoms with van der Waals surface area (Å²) in [6, 6.07) is 0. The molecular weight excluding hydrogens is 340 g/mol. The topological polar surface area (TPSA) is 96.4 Å². The van der Waals surface area contributed by atoms with Gasteiger partial charge in [-0.05, 0) is 48.0 Å². The summed E-state index contributed by atoms with van der Waals surface area (Å²) in [5, 5.41) is 10.5. The molecule has 2 saturated heterocycles. The van der Waals surface area contributed by atoms with Crippen LogP contribution in [0.3, 0.4) is 0 Å². The Hall–Kier alpha value is -1.83. The van der Waals surface area contributed by atoms with Crippen molar-refractivity contribution in [3.05, 3.63) is 0 Å². The summed E-state index contributed by atoms with van der Waals surface area (Å²) in [4.78, 5) is 39.1. The van der Waals surface area contributed by atoms with E-state index in [1.54, 1.807) is 41.5 Å². The van der Waals surface area contributed by atoms with Gasteiger partial charge >= 0.3 is 12.2 Å². The van der Waals surface area contributed by atoms with Crippen molar-refractivity contribution in [3.8, 4) is 0 Å². The molecule has 2 atom stereocenters. The highest BCUT2D eigenvalue weighted by atomic mass is 16.6. The molecule has 0 aromatic carbocycles. The Labute approximate surface area is 154 Å². The van der Waals surface area contributed by atoms with E-state index in [2.05, 4.69) is 0 Å². The van der Waals surface area contributed by atoms with E-state index in [9.17, 15) is 19.5 Å². The van der Waals surface area contributed by atoms with Crippen molar-refractivity contribution < 1.29 is 29.0 Å². The zero-order chi connectivity index (χ0) is 19.9. The summed E-state index contributed by atoms with van der Waals surface area (Å²) >= 11 is 0. The quantitative estimate of drug-likeness (QED) is 0.799. The molecule has 0 aromatic rings. The lowest BCUT2D eigenvalue weighted by atomic mass is 9.85. The molecule has 0 saturated carbocycles. The van der Waals surface area contributed by atoms with Gasteiger partial charge in [-0.1, -0.05) is 0 Å². The van der Waals surface area contributed by atoms with Gasteiger partial charge in [-0.25, -0.2) is 14.5 Å². The first-order valence-corrected chi connectivity index (χ1v) is 8.99. The molecule has 3 amide bonds. The number of hydrogen-bond donors (Lipinski definition) is 1. The van der Waals surface area contributed by atoms with Crippen molar-refractivity contribution in [1.82, 2.24) is 9.80 Å². The molecule has 2 fully saturated rings. The Morgan fingerprint density at radius 1 is 1.04 bits per heavy atom. The van der Waals surface area contributed by atoms with E-state index >= 15 is 0 Å². The van der Waals surface area contributed by atoms with Gasteiger partial charge in [0.15, 0.2) is 0 Å². The zero-order valence-corrected chi connectivity index (χ0v) is 16.4. The lowest BCUT2D eigenvalue weighted by molar-refractivity contribution is -0.135. The second kappa shape index (κ2) is 7.06. The number of ether oxygens (including phenoxy) is 2. The SMILES string of the molecule is CC(C)(C)OC(=O)N1CC(C(O)C2CCN(C(=O)OC(C)(C)C)C2=O)C1. The molecule has 0 radical (unpaired) electrons. The molecule has 2 rings (SSSR count). The van der Waals surface area contributed by atoms with Crippen LogP contribution in [0, 0.1) is 11.8 Å². The summed E-state index contributed by atoms with van der Waals surface area (Å²) in [5.74, 6) is -1.26. The van der Waals surface area contributed by atoms with Gasteiger partial charge in [-0.2, -0.15) is 0 Å². The third-order valence-electron chi connectivity index (χ3n) is 4.32. The molecule has 0 aliphatic carbocycles. The van der Waals surface area contributed by atoms with Gasteiger partial charge in [0.25, 0.3) is 0 Å². The van der Waals surface area contributed by atoms with Crippen LogP contribution in [0.15, 0.2) is 0 Å². The van der Waals surface area contributed by atoms with Crippen molar-refractivity contribution in [3.63, 3.8) is 0 Å². The number of nitrogens with zero attached hydrogens (tertiary/aromatic N) is 2. The second-order valence-corrected chi connectivity index (χ2v) is 9.00. The highest BCUT2D eigenvalue weighted by Gasteiger charge is 2.47. The number of imide groups is 1. The molecular formula is C18H30N2O6. The number of aliphatic hydroxyl groups is 1. The van der Waals surface area contributed by atoms with Gasteiger partial charge in [0.05, 0.1) is 12.0 Å². The first kappa shape index (κ1) is 20.5. The minimum Gasteiger partial charge on any atom is -0.444 e. The minimum absolute atomic E-state index is 0.199. The van der Waals surface area contributed by atoms with Crippen LogP contribution < -0.4 is 0 Å². The third kappa shape index (κ3) is 4.87. The standard InChI is InChI=1S/C18H30N2O6/c1-17(2,3)25-15(23)19-9-11(10-19)13(21)12-7-8-20(14(12)22)16(24)26-18(4,5)6/h11-13,21H,7-10H2,1-6H3. The number of hydrogen-bond acceptors (Lipinski definition) is 6.